The van der Waals surface area contributed by atoms with Gasteiger partial charge in [-0.2, -0.15) is 0 Å². The van der Waals surface area contributed by atoms with Gasteiger partial charge in [0, 0.05) is 44.7 Å². The number of amides is 2. The summed E-state index contributed by atoms with van der Waals surface area (Å²) in [6.45, 7) is 3.73. The molecule has 0 bridgehead atoms. The molecule has 0 aromatic carbocycles. The molecule has 3 aliphatic rings. The maximum atomic E-state index is 13.4. The lowest BCUT2D eigenvalue weighted by atomic mass is 9.84. The van der Waals surface area contributed by atoms with E-state index in [1.165, 1.54) is 0 Å². The molecule has 1 aromatic heterocycles. The number of anilines is 1. The molecule has 9 nitrogen and oxygen atoms in total. The molecule has 0 aliphatic carbocycles. The highest BCUT2D eigenvalue weighted by Crippen LogP contribution is 2.31. The average molecular weight is 464 g/mol. The molecule has 4 heterocycles. The number of hydrogen-bond acceptors (Lipinski definition) is 7. The van der Waals surface area contributed by atoms with Gasteiger partial charge in [-0.1, -0.05) is 6.92 Å². The van der Waals surface area contributed by atoms with E-state index in [0.717, 1.165) is 18.5 Å². The molecule has 3 saturated heterocycles. The first-order chi connectivity index (χ1) is 15.3. The fourth-order valence-corrected chi connectivity index (χ4v) is 7.45. The van der Waals surface area contributed by atoms with Gasteiger partial charge in [-0.25, -0.2) is 13.4 Å². The third kappa shape index (κ3) is 4.47. The largest absolute Gasteiger partial charge is 0.370 e. The molecule has 2 amide bonds. The Balaban J connectivity index is 1.35. The maximum absolute atomic E-state index is 13.4. The van der Waals surface area contributed by atoms with Gasteiger partial charge in [-0.05, 0) is 44.2 Å². The molecule has 3 N–H and O–H groups in total. The minimum atomic E-state index is -3.31. The highest BCUT2D eigenvalue weighted by molar-refractivity contribution is 7.92. The van der Waals surface area contributed by atoms with Gasteiger partial charge in [0.2, 0.25) is 5.91 Å². The van der Waals surface area contributed by atoms with Gasteiger partial charge < -0.3 is 20.9 Å². The van der Waals surface area contributed by atoms with Gasteiger partial charge in [-0.3, -0.25) is 9.59 Å². The molecule has 32 heavy (non-hydrogen) atoms. The zero-order valence-corrected chi connectivity index (χ0v) is 19.5. The first-order valence-electron chi connectivity index (χ1n) is 11.5. The summed E-state index contributed by atoms with van der Waals surface area (Å²) in [5, 5.41) is 8.18. The van der Waals surface area contributed by atoms with Gasteiger partial charge in [0.05, 0.1) is 22.4 Å². The van der Waals surface area contributed by atoms with Gasteiger partial charge in [-0.15, -0.1) is 0 Å². The van der Waals surface area contributed by atoms with Crippen LogP contribution in [-0.2, 0) is 14.6 Å². The number of fused-ring (bicyclic) bond motifs is 1. The van der Waals surface area contributed by atoms with Crippen LogP contribution in [0.25, 0.3) is 0 Å². The molecule has 4 unspecified atom stereocenters. The van der Waals surface area contributed by atoms with Gasteiger partial charge in [0.1, 0.15) is 5.69 Å². The highest BCUT2D eigenvalue weighted by Gasteiger charge is 2.44. The van der Waals surface area contributed by atoms with Crippen LogP contribution in [-0.4, -0.2) is 74.5 Å². The van der Waals surface area contributed by atoms with Crippen molar-refractivity contribution >= 4 is 27.3 Å². The molecule has 4 rings (SSSR count). The summed E-state index contributed by atoms with van der Waals surface area (Å²) in [7, 11) is -1.74. The minimum absolute atomic E-state index is 0.0150. The van der Waals surface area contributed by atoms with Crippen LogP contribution in [0.5, 0.6) is 0 Å². The van der Waals surface area contributed by atoms with Crippen LogP contribution in [0.15, 0.2) is 18.3 Å². The number of carbonyl (C=O) groups is 2. The van der Waals surface area contributed by atoms with Crippen molar-refractivity contribution in [2.45, 2.75) is 61.6 Å². The Hall–Kier alpha value is -2.20. The molecule has 0 saturated carbocycles. The molecule has 3 fully saturated rings. The number of nitrogens with zero attached hydrogens (tertiary/aromatic N) is 2. The predicted molar refractivity (Wildman–Crippen MR) is 122 cm³/mol. The first-order valence-corrected chi connectivity index (χ1v) is 13.1. The summed E-state index contributed by atoms with van der Waals surface area (Å²) in [6.07, 6.45) is 4.88. The summed E-state index contributed by atoms with van der Waals surface area (Å²) in [4.78, 5) is 30.2. The Kier molecular flexibility index (Phi) is 6.71. The average Bonchev–Trinajstić information content (AvgIpc) is 2.82. The van der Waals surface area contributed by atoms with Crippen LogP contribution in [0.2, 0.25) is 0 Å². The molecule has 4 atom stereocenters. The maximum Gasteiger partial charge on any atom is 0.269 e. The van der Waals surface area contributed by atoms with E-state index in [9.17, 15) is 18.0 Å². The van der Waals surface area contributed by atoms with Crippen LogP contribution >= 0.6 is 0 Å². The van der Waals surface area contributed by atoms with Crippen molar-refractivity contribution < 1.29 is 18.0 Å². The summed E-state index contributed by atoms with van der Waals surface area (Å²) < 4.78 is 26.8. The topological polar surface area (TPSA) is 120 Å². The fourth-order valence-electron chi connectivity index (χ4n) is 5.23. The minimum Gasteiger partial charge on any atom is -0.370 e. The molecular weight excluding hydrogens is 430 g/mol. The number of nitrogens with one attached hydrogen (secondary N) is 3. The molecular formula is C22H33N5O4S. The van der Waals surface area contributed by atoms with Crippen molar-refractivity contribution in [1.82, 2.24) is 20.9 Å². The van der Waals surface area contributed by atoms with Gasteiger partial charge >= 0.3 is 0 Å². The van der Waals surface area contributed by atoms with Crippen LogP contribution in [0.4, 0.5) is 5.69 Å². The van der Waals surface area contributed by atoms with E-state index in [2.05, 4.69) is 25.8 Å². The smallest absolute Gasteiger partial charge is 0.269 e. The lowest BCUT2D eigenvalue weighted by molar-refractivity contribution is -0.129. The normalized spacial score (nSPS) is 29.2. The third-order valence-corrected chi connectivity index (χ3v) is 9.97. The Bertz CT molecular complexity index is 944. The van der Waals surface area contributed by atoms with E-state index in [0.29, 0.717) is 44.6 Å². The van der Waals surface area contributed by atoms with Crippen LogP contribution in [0.3, 0.4) is 0 Å². The zero-order valence-electron chi connectivity index (χ0n) is 18.7. The van der Waals surface area contributed by atoms with E-state index >= 15 is 0 Å². The molecule has 1 aromatic rings. The van der Waals surface area contributed by atoms with E-state index in [1.807, 2.05) is 13.0 Å². The van der Waals surface area contributed by atoms with Gasteiger partial charge in [0.25, 0.3) is 5.91 Å². The predicted octanol–water partition coefficient (Wildman–Crippen LogP) is 0.470. The number of piperidine rings is 3. The number of hydrogen-bond donors (Lipinski definition) is 3. The lowest BCUT2D eigenvalue weighted by Crippen LogP contribution is -2.64. The van der Waals surface area contributed by atoms with Gasteiger partial charge in [0.15, 0.2) is 9.84 Å². The van der Waals surface area contributed by atoms with Crippen molar-refractivity contribution in [2.24, 2.45) is 5.92 Å². The SMILES string of the molecule is CCC1CC2NCC(S(=O)(=O)C3CCN(c4ccc(C(=O)NC)nc4)CC3)CC2NC1=O. The number of rotatable bonds is 5. The Morgan fingerprint density at radius 2 is 1.94 bits per heavy atom. The second-order valence-electron chi connectivity index (χ2n) is 9.08. The van der Waals surface area contributed by atoms with Crippen LogP contribution < -0.4 is 20.9 Å². The van der Waals surface area contributed by atoms with E-state index < -0.39 is 15.1 Å². The number of aromatic nitrogens is 1. The first kappa shape index (κ1) is 23.0. The third-order valence-electron chi connectivity index (χ3n) is 7.28. The summed E-state index contributed by atoms with van der Waals surface area (Å²) in [6, 6.07) is 3.59. The van der Waals surface area contributed by atoms with E-state index in [4.69, 9.17) is 0 Å². The summed E-state index contributed by atoms with van der Waals surface area (Å²) in [5.41, 5.74) is 1.25. The van der Waals surface area contributed by atoms with Crippen LogP contribution in [0.1, 0.15) is 49.5 Å². The second-order valence-corrected chi connectivity index (χ2v) is 11.6. The Labute approximate surface area is 189 Å². The molecule has 3 aliphatic heterocycles. The van der Waals surface area contributed by atoms with Crippen molar-refractivity contribution in [3.8, 4) is 0 Å². The molecule has 10 heteroatoms. The zero-order chi connectivity index (χ0) is 22.9. The molecule has 0 spiro atoms. The number of carbonyl (C=O) groups excluding carboxylic acids is 2. The van der Waals surface area contributed by atoms with Crippen LogP contribution in [0, 0.1) is 5.92 Å². The number of pyridine rings is 1. The van der Waals surface area contributed by atoms with Crippen molar-refractivity contribution in [3.63, 3.8) is 0 Å². The summed E-state index contributed by atoms with van der Waals surface area (Å²) in [5.74, 6) is -0.164. The van der Waals surface area contributed by atoms with E-state index in [1.54, 1.807) is 19.3 Å². The standard InChI is InChI=1S/C22H33N5O4S/c1-3-14-10-19-20(26-21(14)28)11-17(13-25-19)32(30,31)16-6-8-27(9-7-16)15-4-5-18(24-12-15)22(29)23-2/h4-5,12,14,16-17,19-20,25H,3,6-11,13H2,1-2H3,(H,23,29)(H,26,28). The molecule has 0 radical (unpaired) electrons. The van der Waals surface area contributed by atoms with Crippen molar-refractivity contribution in [1.29, 1.82) is 0 Å². The fraction of sp³-hybridized carbons (Fsp3) is 0.682. The number of sulfone groups is 1. The van der Waals surface area contributed by atoms with Crippen molar-refractivity contribution in [2.75, 3.05) is 31.6 Å². The van der Waals surface area contributed by atoms with Crippen molar-refractivity contribution in [3.05, 3.63) is 24.0 Å². The second kappa shape index (κ2) is 9.35. The molecule has 176 valence electrons. The summed E-state index contributed by atoms with van der Waals surface area (Å²) >= 11 is 0. The monoisotopic (exact) mass is 463 g/mol. The highest BCUT2D eigenvalue weighted by atomic mass is 32.2. The lowest BCUT2D eigenvalue weighted by Gasteiger charge is -2.43. The Morgan fingerprint density at radius 3 is 2.56 bits per heavy atom. The Morgan fingerprint density at radius 1 is 1.19 bits per heavy atom. The van der Waals surface area contributed by atoms with E-state index in [-0.39, 0.29) is 35.1 Å². The quantitative estimate of drug-likeness (QED) is 0.580.